The predicted octanol–water partition coefficient (Wildman–Crippen LogP) is 0.410. The molecule has 1 aliphatic rings. The standard InChI is InChI=1S/C13H12N4O5/c1-16(2)10-4-3-8(17(21)22)5-7(10)6-9-11(18)14-13(20)15-12(9)19/h3-6H,1-2H3,(H2,14,15,18,19,20). The van der Waals surface area contributed by atoms with Crippen molar-refractivity contribution in [3.63, 3.8) is 0 Å². The van der Waals surface area contributed by atoms with Crippen LogP contribution in [-0.2, 0) is 9.59 Å². The van der Waals surface area contributed by atoms with E-state index >= 15 is 0 Å². The fraction of sp³-hybridized carbons (Fsp3) is 0.154. The summed E-state index contributed by atoms with van der Waals surface area (Å²) in [5.74, 6) is -1.71. The number of hydrogen-bond donors (Lipinski definition) is 2. The summed E-state index contributed by atoms with van der Waals surface area (Å²) >= 11 is 0. The highest BCUT2D eigenvalue weighted by Crippen LogP contribution is 2.26. The van der Waals surface area contributed by atoms with E-state index in [0.29, 0.717) is 11.3 Å². The van der Waals surface area contributed by atoms with E-state index in [-0.39, 0.29) is 11.3 Å². The Morgan fingerprint density at radius 2 is 1.73 bits per heavy atom. The van der Waals surface area contributed by atoms with Crippen molar-refractivity contribution in [1.82, 2.24) is 10.6 Å². The van der Waals surface area contributed by atoms with Crippen molar-refractivity contribution in [2.45, 2.75) is 0 Å². The molecule has 2 rings (SSSR count). The number of amides is 4. The molecule has 1 aromatic carbocycles. The topological polar surface area (TPSA) is 122 Å². The third-order valence-electron chi connectivity index (χ3n) is 2.95. The highest BCUT2D eigenvalue weighted by molar-refractivity contribution is 6.31. The summed E-state index contributed by atoms with van der Waals surface area (Å²) in [5, 5.41) is 14.7. The molecule has 0 spiro atoms. The van der Waals surface area contributed by atoms with Crippen molar-refractivity contribution in [3.8, 4) is 0 Å². The van der Waals surface area contributed by atoms with Gasteiger partial charge in [0.05, 0.1) is 4.92 Å². The Labute approximate surface area is 124 Å². The first kappa shape index (κ1) is 15.2. The van der Waals surface area contributed by atoms with Crippen LogP contribution in [-0.4, -0.2) is 36.9 Å². The zero-order valence-corrected chi connectivity index (χ0v) is 11.7. The van der Waals surface area contributed by atoms with Gasteiger partial charge in [0.25, 0.3) is 17.5 Å². The smallest absolute Gasteiger partial charge is 0.328 e. The number of nitro benzene ring substituents is 1. The van der Waals surface area contributed by atoms with E-state index in [2.05, 4.69) is 0 Å². The van der Waals surface area contributed by atoms with Crippen molar-refractivity contribution in [3.05, 3.63) is 39.4 Å². The molecule has 114 valence electrons. The molecule has 0 aromatic heterocycles. The van der Waals surface area contributed by atoms with Crippen molar-refractivity contribution in [2.24, 2.45) is 0 Å². The number of nitrogens with zero attached hydrogens (tertiary/aromatic N) is 2. The molecular formula is C13H12N4O5. The van der Waals surface area contributed by atoms with Crippen molar-refractivity contribution in [2.75, 3.05) is 19.0 Å². The van der Waals surface area contributed by atoms with E-state index in [1.54, 1.807) is 19.0 Å². The molecule has 0 saturated carbocycles. The van der Waals surface area contributed by atoms with Gasteiger partial charge in [0.2, 0.25) is 0 Å². The Morgan fingerprint density at radius 1 is 1.14 bits per heavy atom. The van der Waals surface area contributed by atoms with Gasteiger partial charge in [0.1, 0.15) is 5.57 Å². The summed E-state index contributed by atoms with van der Waals surface area (Å²) in [4.78, 5) is 46.4. The maximum Gasteiger partial charge on any atom is 0.328 e. The molecule has 0 aliphatic carbocycles. The Balaban J connectivity index is 2.55. The number of imide groups is 2. The van der Waals surface area contributed by atoms with Crippen LogP contribution in [0.2, 0.25) is 0 Å². The Morgan fingerprint density at radius 3 is 2.23 bits per heavy atom. The number of nitro groups is 1. The number of benzene rings is 1. The van der Waals surface area contributed by atoms with E-state index < -0.39 is 22.8 Å². The molecule has 0 radical (unpaired) electrons. The number of urea groups is 1. The molecule has 1 aromatic rings. The zero-order chi connectivity index (χ0) is 16.4. The molecular weight excluding hydrogens is 292 g/mol. The molecule has 9 nitrogen and oxygen atoms in total. The molecule has 0 bridgehead atoms. The van der Waals surface area contributed by atoms with Crippen molar-refractivity contribution >= 4 is 35.3 Å². The Hall–Kier alpha value is -3.23. The molecule has 4 amide bonds. The first-order chi connectivity index (χ1) is 10.3. The summed E-state index contributed by atoms with van der Waals surface area (Å²) in [6.07, 6.45) is 1.21. The largest absolute Gasteiger partial charge is 0.377 e. The first-order valence-corrected chi connectivity index (χ1v) is 6.13. The summed E-state index contributed by atoms with van der Waals surface area (Å²) in [7, 11) is 3.43. The van der Waals surface area contributed by atoms with Gasteiger partial charge in [-0.15, -0.1) is 0 Å². The van der Waals surface area contributed by atoms with Crippen LogP contribution in [0.5, 0.6) is 0 Å². The van der Waals surface area contributed by atoms with Crippen LogP contribution in [0.25, 0.3) is 6.08 Å². The van der Waals surface area contributed by atoms with Gasteiger partial charge >= 0.3 is 6.03 Å². The van der Waals surface area contributed by atoms with E-state index in [9.17, 15) is 24.5 Å². The van der Waals surface area contributed by atoms with E-state index in [4.69, 9.17) is 0 Å². The maximum atomic E-state index is 11.7. The van der Waals surface area contributed by atoms with Crippen LogP contribution in [0, 0.1) is 10.1 Å². The van der Waals surface area contributed by atoms with Gasteiger partial charge in [-0.1, -0.05) is 0 Å². The minimum Gasteiger partial charge on any atom is -0.377 e. The number of rotatable bonds is 3. The second kappa shape index (κ2) is 5.64. The van der Waals surface area contributed by atoms with E-state index in [1.807, 2.05) is 10.6 Å². The lowest BCUT2D eigenvalue weighted by atomic mass is 10.1. The Kier molecular flexibility index (Phi) is 3.89. The van der Waals surface area contributed by atoms with Crippen LogP contribution in [0.1, 0.15) is 5.56 Å². The lowest BCUT2D eigenvalue weighted by molar-refractivity contribution is -0.384. The average molecular weight is 304 g/mol. The number of hydrogen-bond acceptors (Lipinski definition) is 6. The minimum absolute atomic E-state index is 0.176. The van der Waals surface area contributed by atoms with Crippen LogP contribution in [0.4, 0.5) is 16.2 Å². The Bertz CT molecular complexity index is 701. The monoisotopic (exact) mass is 304 g/mol. The summed E-state index contributed by atoms with van der Waals surface area (Å²) < 4.78 is 0. The van der Waals surface area contributed by atoms with Crippen molar-refractivity contribution in [1.29, 1.82) is 0 Å². The zero-order valence-electron chi connectivity index (χ0n) is 11.7. The number of non-ortho nitro benzene ring substituents is 1. The second-order valence-electron chi connectivity index (χ2n) is 4.69. The van der Waals surface area contributed by atoms with Gasteiger partial charge in [0.15, 0.2) is 0 Å². The molecule has 1 fully saturated rings. The molecule has 9 heteroatoms. The molecule has 22 heavy (non-hydrogen) atoms. The van der Waals surface area contributed by atoms with E-state index in [0.717, 1.165) is 0 Å². The molecule has 1 heterocycles. The van der Waals surface area contributed by atoms with Crippen LogP contribution in [0.3, 0.4) is 0 Å². The van der Waals surface area contributed by atoms with Gasteiger partial charge < -0.3 is 4.90 Å². The second-order valence-corrected chi connectivity index (χ2v) is 4.69. The summed E-state index contributed by atoms with van der Waals surface area (Å²) in [5.41, 5.74) is 0.415. The van der Waals surface area contributed by atoms with Gasteiger partial charge in [-0.3, -0.25) is 30.3 Å². The average Bonchev–Trinajstić information content (AvgIpc) is 2.42. The van der Waals surface area contributed by atoms with Gasteiger partial charge in [-0.05, 0) is 12.1 Å². The third kappa shape index (κ3) is 2.92. The number of anilines is 1. The van der Waals surface area contributed by atoms with Gasteiger partial charge in [-0.2, -0.15) is 0 Å². The molecule has 0 unspecified atom stereocenters. The number of carbonyl (C=O) groups excluding carboxylic acids is 3. The van der Waals surface area contributed by atoms with Crippen LogP contribution < -0.4 is 15.5 Å². The first-order valence-electron chi connectivity index (χ1n) is 6.13. The lowest BCUT2D eigenvalue weighted by Gasteiger charge is -2.17. The summed E-state index contributed by atoms with van der Waals surface area (Å²) in [6.45, 7) is 0. The molecule has 1 aliphatic heterocycles. The summed E-state index contributed by atoms with van der Waals surface area (Å²) in [6, 6.07) is 3.18. The molecule has 1 saturated heterocycles. The van der Waals surface area contributed by atoms with Gasteiger partial charge in [-0.25, -0.2) is 4.79 Å². The quantitative estimate of drug-likeness (QED) is 0.361. The minimum atomic E-state index is -0.904. The number of nitrogens with one attached hydrogen (secondary N) is 2. The van der Waals surface area contributed by atoms with E-state index in [1.165, 1.54) is 24.3 Å². The number of carbonyl (C=O) groups is 3. The highest BCUT2D eigenvalue weighted by Gasteiger charge is 2.28. The lowest BCUT2D eigenvalue weighted by Crippen LogP contribution is -2.51. The van der Waals surface area contributed by atoms with Gasteiger partial charge in [0, 0.05) is 37.5 Å². The third-order valence-corrected chi connectivity index (χ3v) is 2.95. The predicted molar refractivity (Wildman–Crippen MR) is 77.1 cm³/mol. The number of barbiturate groups is 1. The van der Waals surface area contributed by atoms with Crippen LogP contribution >= 0.6 is 0 Å². The van der Waals surface area contributed by atoms with Crippen molar-refractivity contribution < 1.29 is 19.3 Å². The SMILES string of the molecule is CN(C)c1ccc([N+](=O)[O-])cc1C=C1C(=O)NC(=O)NC1=O. The fourth-order valence-electron chi connectivity index (χ4n) is 1.94. The molecule has 2 N–H and O–H groups in total. The van der Waals surface area contributed by atoms with Crippen LogP contribution in [0.15, 0.2) is 23.8 Å². The maximum absolute atomic E-state index is 11.7. The normalized spacial score (nSPS) is 14.3. The molecule has 0 atom stereocenters. The highest BCUT2D eigenvalue weighted by atomic mass is 16.6. The fourth-order valence-corrected chi connectivity index (χ4v) is 1.94.